The van der Waals surface area contributed by atoms with Crippen LogP contribution in [-0.2, 0) is 6.18 Å². The molecule has 0 aromatic heterocycles. The Labute approximate surface area is 121 Å². The third-order valence-electron chi connectivity index (χ3n) is 3.88. The number of hydrogen-bond acceptors (Lipinski definition) is 1. The van der Waals surface area contributed by atoms with E-state index in [2.05, 4.69) is 17.6 Å². The lowest BCUT2D eigenvalue weighted by molar-refractivity contribution is -0.137. The van der Waals surface area contributed by atoms with Gasteiger partial charge in [-0.05, 0) is 37.0 Å². The highest BCUT2D eigenvalue weighted by Gasteiger charge is 2.30. The number of nitrogens with one attached hydrogen (secondary N) is 2. The Kier molecular flexibility index (Phi) is 4.75. The Morgan fingerprint density at radius 2 is 1.95 bits per heavy atom. The van der Waals surface area contributed by atoms with Crippen LogP contribution in [0.3, 0.4) is 0 Å². The Morgan fingerprint density at radius 3 is 2.62 bits per heavy atom. The van der Waals surface area contributed by atoms with Crippen LogP contribution in [0.15, 0.2) is 24.3 Å². The average molecular weight is 300 g/mol. The molecule has 1 aromatic carbocycles. The van der Waals surface area contributed by atoms with Gasteiger partial charge in [-0.25, -0.2) is 4.79 Å². The van der Waals surface area contributed by atoms with Crippen LogP contribution in [-0.4, -0.2) is 12.1 Å². The fourth-order valence-electron chi connectivity index (χ4n) is 2.64. The van der Waals surface area contributed by atoms with Crippen molar-refractivity contribution in [3.05, 3.63) is 29.8 Å². The van der Waals surface area contributed by atoms with Crippen LogP contribution in [0.4, 0.5) is 23.7 Å². The minimum Gasteiger partial charge on any atom is -0.335 e. The molecule has 1 saturated carbocycles. The van der Waals surface area contributed by atoms with Crippen LogP contribution in [0.2, 0.25) is 0 Å². The van der Waals surface area contributed by atoms with Crippen molar-refractivity contribution in [3.63, 3.8) is 0 Å². The first kappa shape index (κ1) is 15.7. The second kappa shape index (κ2) is 6.37. The first-order chi connectivity index (χ1) is 9.86. The summed E-state index contributed by atoms with van der Waals surface area (Å²) in [6.07, 6.45) is -0.203. The Bertz CT molecular complexity index is 502. The fourth-order valence-corrected chi connectivity index (χ4v) is 2.64. The molecule has 1 fully saturated rings. The molecule has 2 N–H and O–H groups in total. The molecule has 1 aliphatic carbocycles. The van der Waals surface area contributed by atoms with Crippen LogP contribution >= 0.6 is 0 Å². The van der Waals surface area contributed by atoms with E-state index >= 15 is 0 Å². The van der Waals surface area contributed by atoms with Crippen molar-refractivity contribution >= 4 is 11.7 Å². The Morgan fingerprint density at radius 1 is 1.24 bits per heavy atom. The maximum absolute atomic E-state index is 12.6. The summed E-state index contributed by atoms with van der Waals surface area (Å²) in [4.78, 5) is 11.9. The molecule has 2 rings (SSSR count). The van der Waals surface area contributed by atoms with E-state index in [9.17, 15) is 18.0 Å². The molecule has 0 saturated heterocycles. The largest absolute Gasteiger partial charge is 0.416 e. The van der Waals surface area contributed by atoms with Crippen molar-refractivity contribution in [2.24, 2.45) is 5.92 Å². The van der Waals surface area contributed by atoms with Crippen LogP contribution in [0, 0.1) is 5.92 Å². The van der Waals surface area contributed by atoms with E-state index in [1.54, 1.807) is 0 Å². The molecule has 21 heavy (non-hydrogen) atoms. The third kappa shape index (κ3) is 4.37. The average Bonchev–Trinajstić information content (AvgIpc) is 2.41. The third-order valence-corrected chi connectivity index (χ3v) is 3.88. The summed E-state index contributed by atoms with van der Waals surface area (Å²) in [5, 5.41) is 5.32. The highest BCUT2D eigenvalue weighted by Crippen LogP contribution is 2.30. The van der Waals surface area contributed by atoms with Crippen molar-refractivity contribution in [1.82, 2.24) is 5.32 Å². The second-order valence-corrected chi connectivity index (χ2v) is 5.55. The summed E-state index contributed by atoms with van der Waals surface area (Å²) < 4.78 is 37.8. The van der Waals surface area contributed by atoms with E-state index in [-0.39, 0.29) is 11.7 Å². The van der Waals surface area contributed by atoms with Crippen LogP contribution in [0.1, 0.15) is 38.2 Å². The van der Waals surface area contributed by atoms with Gasteiger partial charge in [0.1, 0.15) is 0 Å². The zero-order valence-electron chi connectivity index (χ0n) is 11.8. The van der Waals surface area contributed by atoms with E-state index < -0.39 is 17.8 Å². The molecule has 0 aliphatic heterocycles. The van der Waals surface area contributed by atoms with Gasteiger partial charge in [0, 0.05) is 11.7 Å². The molecule has 116 valence electrons. The molecule has 0 bridgehead atoms. The highest BCUT2D eigenvalue weighted by molar-refractivity contribution is 5.89. The first-order valence-electron chi connectivity index (χ1n) is 7.11. The summed E-state index contributed by atoms with van der Waals surface area (Å²) in [5.41, 5.74) is -0.628. The van der Waals surface area contributed by atoms with Gasteiger partial charge in [0.15, 0.2) is 0 Å². The predicted octanol–water partition coefficient (Wildman–Crippen LogP) is 4.41. The lowest BCUT2D eigenvalue weighted by atomic mass is 9.86. The topological polar surface area (TPSA) is 41.1 Å². The Hall–Kier alpha value is -1.72. The van der Waals surface area contributed by atoms with Crippen molar-refractivity contribution < 1.29 is 18.0 Å². The SMILES string of the molecule is C[C@@H]1CCCC[C@@H]1NC(=O)Nc1cccc(C(F)(F)F)c1. The molecule has 0 spiro atoms. The standard InChI is InChI=1S/C15H19F3N2O/c1-10-5-2-3-8-13(10)20-14(21)19-12-7-4-6-11(9-12)15(16,17)18/h4,6-7,9-10,13H,2-3,5,8H2,1H3,(H2,19,20,21)/t10-,13+/m1/s1. The first-order valence-corrected chi connectivity index (χ1v) is 7.11. The lowest BCUT2D eigenvalue weighted by Crippen LogP contribution is -2.43. The monoisotopic (exact) mass is 300 g/mol. The van der Waals surface area contributed by atoms with E-state index in [0.29, 0.717) is 5.92 Å². The maximum Gasteiger partial charge on any atom is 0.416 e. The summed E-state index contributed by atoms with van der Waals surface area (Å²) in [5.74, 6) is 0.394. The summed E-state index contributed by atoms with van der Waals surface area (Å²) >= 11 is 0. The van der Waals surface area contributed by atoms with Crippen molar-refractivity contribution in [2.45, 2.75) is 44.8 Å². The molecule has 0 heterocycles. The minimum atomic E-state index is -4.41. The summed E-state index contributed by atoms with van der Waals surface area (Å²) in [7, 11) is 0. The number of benzene rings is 1. The Balaban J connectivity index is 1.96. The number of rotatable bonds is 2. The molecule has 6 heteroatoms. The van der Waals surface area contributed by atoms with Crippen molar-refractivity contribution in [2.75, 3.05) is 5.32 Å². The van der Waals surface area contributed by atoms with Gasteiger partial charge >= 0.3 is 12.2 Å². The quantitative estimate of drug-likeness (QED) is 0.834. The molecule has 0 radical (unpaired) electrons. The number of urea groups is 1. The summed E-state index contributed by atoms with van der Waals surface area (Å²) in [6, 6.07) is 4.27. The lowest BCUT2D eigenvalue weighted by Gasteiger charge is -2.29. The normalized spacial score (nSPS) is 22.7. The van der Waals surface area contributed by atoms with Crippen LogP contribution in [0.5, 0.6) is 0 Å². The second-order valence-electron chi connectivity index (χ2n) is 5.55. The van der Waals surface area contributed by atoms with Gasteiger partial charge < -0.3 is 10.6 Å². The number of carbonyl (C=O) groups excluding carboxylic acids is 1. The van der Waals surface area contributed by atoms with Crippen molar-refractivity contribution in [3.8, 4) is 0 Å². The molecular formula is C15H19F3N2O. The maximum atomic E-state index is 12.6. The number of amides is 2. The fraction of sp³-hybridized carbons (Fsp3) is 0.533. The highest BCUT2D eigenvalue weighted by atomic mass is 19.4. The molecule has 2 amide bonds. The van der Waals surface area contributed by atoms with E-state index in [1.165, 1.54) is 12.1 Å². The van der Waals surface area contributed by atoms with Gasteiger partial charge in [-0.15, -0.1) is 0 Å². The van der Waals surface area contributed by atoms with Gasteiger partial charge in [-0.1, -0.05) is 25.8 Å². The van der Waals surface area contributed by atoms with Crippen LogP contribution in [0.25, 0.3) is 0 Å². The molecule has 3 nitrogen and oxygen atoms in total. The number of carbonyl (C=O) groups is 1. The summed E-state index contributed by atoms with van der Waals surface area (Å²) in [6.45, 7) is 2.08. The van der Waals surface area contributed by atoms with Crippen molar-refractivity contribution in [1.29, 1.82) is 0 Å². The number of halogens is 3. The predicted molar refractivity (Wildman–Crippen MR) is 75.0 cm³/mol. The van der Waals surface area contributed by atoms with Gasteiger partial charge in [-0.3, -0.25) is 0 Å². The van der Waals surface area contributed by atoms with Crippen LogP contribution < -0.4 is 10.6 Å². The van der Waals surface area contributed by atoms with E-state index in [0.717, 1.165) is 37.8 Å². The van der Waals surface area contributed by atoms with Gasteiger partial charge in [-0.2, -0.15) is 13.2 Å². The molecular weight excluding hydrogens is 281 g/mol. The zero-order valence-corrected chi connectivity index (χ0v) is 11.8. The number of anilines is 1. The zero-order chi connectivity index (χ0) is 15.5. The van der Waals surface area contributed by atoms with Gasteiger partial charge in [0.2, 0.25) is 0 Å². The number of alkyl halides is 3. The number of hydrogen-bond donors (Lipinski definition) is 2. The molecule has 2 atom stereocenters. The van der Waals surface area contributed by atoms with Gasteiger partial charge in [0.05, 0.1) is 5.56 Å². The van der Waals surface area contributed by atoms with E-state index in [4.69, 9.17) is 0 Å². The smallest absolute Gasteiger partial charge is 0.335 e. The molecule has 1 aromatic rings. The molecule has 0 unspecified atom stereocenters. The minimum absolute atomic E-state index is 0.0875. The molecule has 1 aliphatic rings. The van der Waals surface area contributed by atoms with E-state index in [1.807, 2.05) is 0 Å². The van der Waals surface area contributed by atoms with Gasteiger partial charge in [0.25, 0.3) is 0 Å².